The van der Waals surface area contributed by atoms with E-state index in [1.165, 1.54) is 0 Å². The lowest BCUT2D eigenvalue weighted by molar-refractivity contribution is -0.144. The Morgan fingerprint density at radius 3 is 2.33 bits per heavy atom. The second-order valence-electron chi connectivity index (χ2n) is 9.72. The first-order valence-corrected chi connectivity index (χ1v) is 11.9. The van der Waals surface area contributed by atoms with Gasteiger partial charge in [0.15, 0.2) is 0 Å². The van der Waals surface area contributed by atoms with Gasteiger partial charge in [-0.3, -0.25) is 9.59 Å². The molecule has 1 aromatic rings. The average Bonchev–Trinajstić information content (AvgIpc) is 3.16. The van der Waals surface area contributed by atoms with Gasteiger partial charge in [-0.2, -0.15) is 0 Å². The van der Waals surface area contributed by atoms with Gasteiger partial charge in [0.05, 0.1) is 10.8 Å². The SMILES string of the molecule is CCN1CCCC1C[C@@]1(C(N)=O)[C@@H]2C=C[C@@H](C23CC3)[C@@]1(C(N)=O)c1ccc(Br)cc1. The highest BCUT2D eigenvalue weighted by Crippen LogP contribution is 2.80. The number of rotatable bonds is 6. The quantitative estimate of drug-likeness (QED) is 0.624. The molecule has 4 N–H and O–H groups in total. The molecule has 1 heterocycles. The third-order valence-corrected chi connectivity index (χ3v) is 9.38. The summed E-state index contributed by atoms with van der Waals surface area (Å²) in [6.45, 7) is 4.14. The monoisotopic (exact) mass is 471 g/mol. The Morgan fingerprint density at radius 1 is 1.10 bits per heavy atom. The lowest BCUT2D eigenvalue weighted by atomic mass is 9.52. The van der Waals surface area contributed by atoms with E-state index in [2.05, 4.69) is 39.9 Å². The van der Waals surface area contributed by atoms with Gasteiger partial charge in [-0.05, 0) is 74.2 Å². The van der Waals surface area contributed by atoms with Crippen LogP contribution in [0.25, 0.3) is 0 Å². The minimum atomic E-state index is -1.10. The molecule has 3 aliphatic carbocycles. The molecule has 5 rings (SSSR count). The Kier molecular flexibility index (Phi) is 4.50. The third kappa shape index (κ3) is 2.27. The van der Waals surface area contributed by atoms with Crippen LogP contribution in [0.4, 0.5) is 0 Å². The molecule has 0 radical (unpaired) electrons. The Labute approximate surface area is 186 Å². The van der Waals surface area contributed by atoms with Gasteiger partial charge in [-0.1, -0.05) is 47.1 Å². The topological polar surface area (TPSA) is 89.4 Å². The van der Waals surface area contributed by atoms with Crippen molar-refractivity contribution in [1.29, 1.82) is 0 Å². The standard InChI is InChI=1S/C24H30BrN3O2/c1-2-28-13-3-4-17(28)14-23(20(26)29)18-9-10-19(22(18)11-12-22)24(23,21(27)30)15-5-7-16(25)8-6-15/h5-10,17-19H,2-4,11-14H2,1H3,(H2,26,29)(H2,27,30)/t17?,18-,19+,23+,24-/m1/s1. The molecular formula is C24H30BrN3O2. The molecule has 5 atom stereocenters. The Morgan fingerprint density at radius 2 is 1.77 bits per heavy atom. The summed E-state index contributed by atoms with van der Waals surface area (Å²) in [6.07, 6.45) is 9.15. The van der Waals surface area contributed by atoms with Gasteiger partial charge >= 0.3 is 0 Å². The van der Waals surface area contributed by atoms with Gasteiger partial charge in [-0.15, -0.1) is 0 Å². The Hall–Kier alpha value is -1.66. The van der Waals surface area contributed by atoms with Crippen LogP contribution in [0.2, 0.25) is 0 Å². The number of benzene rings is 1. The maximum atomic E-state index is 13.5. The van der Waals surface area contributed by atoms with Gasteiger partial charge in [0.25, 0.3) is 0 Å². The number of hydrogen-bond donors (Lipinski definition) is 2. The fourth-order valence-electron chi connectivity index (χ4n) is 7.63. The van der Waals surface area contributed by atoms with E-state index in [4.69, 9.17) is 11.5 Å². The zero-order chi connectivity index (χ0) is 21.3. The number of primary amides is 2. The normalized spacial score (nSPS) is 38.4. The number of hydrogen-bond acceptors (Lipinski definition) is 3. The van der Waals surface area contributed by atoms with Crippen molar-refractivity contribution in [3.8, 4) is 0 Å². The summed E-state index contributed by atoms with van der Waals surface area (Å²) < 4.78 is 0.934. The fraction of sp³-hybridized carbons (Fsp3) is 0.583. The van der Waals surface area contributed by atoms with E-state index in [0.717, 1.165) is 48.8 Å². The van der Waals surface area contributed by atoms with E-state index >= 15 is 0 Å². The van der Waals surface area contributed by atoms with E-state index in [0.29, 0.717) is 6.42 Å². The molecule has 1 saturated heterocycles. The smallest absolute Gasteiger partial charge is 0.229 e. The molecule has 30 heavy (non-hydrogen) atoms. The molecule has 6 heteroatoms. The number of allylic oxidation sites excluding steroid dienone is 2. The lowest BCUT2D eigenvalue weighted by Gasteiger charge is -2.49. The first kappa shape index (κ1) is 20.3. The van der Waals surface area contributed by atoms with Crippen molar-refractivity contribution in [1.82, 2.24) is 4.90 Å². The van der Waals surface area contributed by atoms with Crippen LogP contribution >= 0.6 is 15.9 Å². The minimum Gasteiger partial charge on any atom is -0.369 e. The second-order valence-corrected chi connectivity index (χ2v) is 10.6. The molecular weight excluding hydrogens is 442 g/mol. The number of carbonyl (C=O) groups is 2. The van der Waals surface area contributed by atoms with Crippen molar-refractivity contribution < 1.29 is 9.59 Å². The Balaban J connectivity index is 1.75. The molecule has 5 nitrogen and oxygen atoms in total. The van der Waals surface area contributed by atoms with E-state index < -0.39 is 16.7 Å². The third-order valence-electron chi connectivity index (χ3n) is 8.85. The van der Waals surface area contributed by atoms with Crippen molar-refractivity contribution in [2.24, 2.45) is 34.1 Å². The molecule has 1 unspecified atom stereocenters. The van der Waals surface area contributed by atoms with E-state index in [-0.39, 0.29) is 29.2 Å². The molecule has 2 amide bonds. The maximum absolute atomic E-state index is 13.5. The summed E-state index contributed by atoms with van der Waals surface area (Å²) in [6, 6.07) is 8.05. The van der Waals surface area contributed by atoms with Crippen molar-refractivity contribution in [3.05, 3.63) is 46.5 Å². The number of carbonyl (C=O) groups excluding carboxylic acids is 2. The second kappa shape index (κ2) is 6.67. The molecule has 1 aliphatic heterocycles. The van der Waals surface area contributed by atoms with Crippen LogP contribution in [0.15, 0.2) is 40.9 Å². The molecule has 4 aliphatic rings. The van der Waals surface area contributed by atoms with Crippen molar-refractivity contribution in [3.63, 3.8) is 0 Å². The Bertz CT molecular complexity index is 925. The van der Waals surface area contributed by atoms with Crippen LogP contribution in [0.1, 0.15) is 44.6 Å². The van der Waals surface area contributed by atoms with E-state index in [9.17, 15) is 9.59 Å². The van der Waals surface area contributed by atoms with Crippen LogP contribution in [-0.4, -0.2) is 35.8 Å². The number of halogens is 1. The van der Waals surface area contributed by atoms with Crippen molar-refractivity contribution >= 4 is 27.7 Å². The highest BCUT2D eigenvalue weighted by atomic mass is 79.9. The minimum absolute atomic E-state index is 0.0250. The number of likely N-dealkylation sites (tertiary alicyclic amines) is 1. The number of amides is 2. The summed E-state index contributed by atoms with van der Waals surface area (Å²) in [5.74, 6) is -0.872. The van der Waals surface area contributed by atoms with Gasteiger partial charge in [0.2, 0.25) is 11.8 Å². The predicted molar refractivity (Wildman–Crippen MR) is 119 cm³/mol. The van der Waals surface area contributed by atoms with E-state index in [1.807, 2.05) is 24.3 Å². The number of nitrogens with zero attached hydrogens (tertiary/aromatic N) is 1. The van der Waals surface area contributed by atoms with E-state index in [1.54, 1.807) is 0 Å². The summed E-state index contributed by atoms with van der Waals surface area (Å²) in [7, 11) is 0. The van der Waals surface area contributed by atoms with Crippen LogP contribution in [0.5, 0.6) is 0 Å². The van der Waals surface area contributed by atoms with Crippen LogP contribution < -0.4 is 11.5 Å². The highest BCUT2D eigenvalue weighted by Gasteiger charge is 2.83. The molecule has 1 aromatic carbocycles. The van der Waals surface area contributed by atoms with Crippen molar-refractivity contribution in [2.75, 3.05) is 13.1 Å². The largest absolute Gasteiger partial charge is 0.369 e. The van der Waals surface area contributed by atoms with Gasteiger partial charge in [0, 0.05) is 16.4 Å². The highest BCUT2D eigenvalue weighted by molar-refractivity contribution is 9.10. The van der Waals surface area contributed by atoms with Gasteiger partial charge < -0.3 is 16.4 Å². The van der Waals surface area contributed by atoms with Gasteiger partial charge in [0.1, 0.15) is 0 Å². The van der Waals surface area contributed by atoms with Gasteiger partial charge in [-0.25, -0.2) is 0 Å². The number of nitrogens with two attached hydrogens (primary N) is 2. The molecule has 0 aromatic heterocycles. The maximum Gasteiger partial charge on any atom is 0.229 e. The fourth-order valence-corrected chi connectivity index (χ4v) is 7.90. The molecule has 3 fully saturated rings. The molecule has 2 bridgehead atoms. The van der Waals surface area contributed by atoms with Crippen LogP contribution in [0, 0.1) is 22.7 Å². The summed E-state index contributed by atoms with van der Waals surface area (Å²) in [4.78, 5) is 29.5. The lowest BCUT2D eigenvalue weighted by Crippen LogP contribution is -2.63. The van der Waals surface area contributed by atoms with Crippen molar-refractivity contribution in [2.45, 2.75) is 50.5 Å². The van der Waals surface area contributed by atoms with Crippen LogP contribution in [-0.2, 0) is 15.0 Å². The van der Waals surface area contributed by atoms with Crippen LogP contribution in [0.3, 0.4) is 0 Å². The molecule has 1 spiro atoms. The average molecular weight is 472 g/mol. The first-order chi connectivity index (χ1) is 14.3. The predicted octanol–water partition coefficient (Wildman–Crippen LogP) is 3.11. The summed E-state index contributed by atoms with van der Waals surface area (Å²) >= 11 is 3.50. The zero-order valence-electron chi connectivity index (χ0n) is 17.4. The zero-order valence-corrected chi connectivity index (χ0v) is 19.0. The summed E-state index contributed by atoms with van der Waals surface area (Å²) in [5.41, 5.74) is 11.3. The first-order valence-electron chi connectivity index (χ1n) is 11.1. The molecule has 2 saturated carbocycles. The summed E-state index contributed by atoms with van der Waals surface area (Å²) in [5, 5.41) is 0. The molecule has 160 valence electrons.